The summed E-state index contributed by atoms with van der Waals surface area (Å²) in [5.41, 5.74) is 6.77. The van der Waals surface area contributed by atoms with Gasteiger partial charge in [-0.3, -0.25) is 29.0 Å². The van der Waals surface area contributed by atoms with Crippen LogP contribution in [0, 0.1) is 5.92 Å². The molecule has 0 aliphatic carbocycles. The van der Waals surface area contributed by atoms with E-state index in [0.29, 0.717) is 11.1 Å². The number of nitrogens with zero attached hydrogens (tertiary/aromatic N) is 1. The van der Waals surface area contributed by atoms with Crippen LogP contribution in [0.3, 0.4) is 0 Å². The zero-order valence-electron chi connectivity index (χ0n) is 41.0. The largest absolute Gasteiger partial charge is 0.514 e. The molecule has 0 spiro atoms. The van der Waals surface area contributed by atoms with Gasteiger partial charge in [0.25, 0.3) is 0 Å². The molecule has 2 rings (SSSR count). The number of hydrogen-bond acceptors (Lipinski definition) is 12. The highest BCUT2D eigenvalue weighted by Gasteiger charge is 2.41. The molecule has 68 heavy (non-hydrogen) atoms. The van der Waals surface area contributed by atoms with Crippen molar-refractivity contribution in [2.24, 2.45) is 22.4 Å². The molecule has 376 valence electrons. The van der Waals surface area contributed by atoms with E-state index < -0.39 is 94.7 Å². The number of carbonyl (C=O) groups excluding carboxylic acids is 7. The molecule has 11 N–H and O–H groups in total. The minimum Gasteiger partial charge on any atom is -0.480 e. The quantitative estimate of drug-likeness (QED) is 0.0254. The second-order valence-electron chi connectivity index (χ2n) is 19.5. The van der Waals surface area contributed by atoms with Gasteiger partial charge in [0.2, 0.25) is 29.5 Å². The number of hydrogen-bond donors (Lipinski definition) is 9. The van der Waals surface area contributed by atoms with Gasteiger partial charge in [0, 0.05) is 19.4 Å². The Balaban J connectivity index is 2.26. The van der Waals surface area contributed by atoms with Crippen molar-refractivity contribution in [2.75, 3.05) is 13.1 Å². The molecule has 4 atom stereocenters. The molecule has 21 nitrogen and oxygen atoms in total. The van der Waals surface area contributed by atoms with Crippen LogP contribution in [0.25, 0.3) is 0 Å². The number of carbonyl (C=O) groups is 8. The van der Waals surface area contributed by atoms with Crippen molar-refractivity contribution >= 4 is 53.7 Å². The summed E-state index contributed by atoms with van der Waals surface area (Å²) in [6, 6.07) is 11.1. The number of carboxylic acids is 1. The summed E-state index contributed by atoms with van der Waals surface area (Å²) in [6.07, 6.45) is -1.57. The van der Waals surface area contributed by atoms with Crippen LogP contribution in [0.1, 0.15) is 107 Å². The number of benzene rings is 2. The van der Waals surface area contributed by atoms with E-state index >= 15 is 0 Å². The number of alkyl carbamates (subject to hydrolysis) is 1. The van der Waals surface area contributed by atoms with Gasteiger partial charge in [-0.05, 0) is 111 Å². The van der Waals surface area contributed by atoms with Crippen LogP contribution in [0.2, 0.25) is 0 Å². The summed E-state index contributed by atoms with van der Waals surface area (Å²) in [5.74, 6) is -5.28. The van der Waals surface area contributed by atoms with E-state index in [-0.39, 0.29) is 56.3 Å². The Kier molecular flexibility index (Phi) is 21.3. The van der Waals surface area contributed by atoms with Gasteiger partial charge in [-0.15, -0.1) is 0 Å². The molecular weight excluding hydrogens is 883 g/mol. The van der Waals surface area contributed by atoms with Crippen LogP contribution >= 0.6 is 0 Å². The van der Waals surface area contributed by atoms with Crippen molar-refractivity contribution in [1.82, 2.24) is 31.9 Å². The third-order valence-corrected chi connectivity index (χ3v) is 9.59. The van der Waals surface area contributed by atoms with Gasteiger partial charge < -0.3 is 62.7 Å². The first-order valence-corrected chi connectivity index (χ1v) is 22.2. The second kappa shape index (κ2) is 25.3. The average molecular weight is 954 g/mol. The standard InChI is InChI=1S/C47H71N9O12/c1-28(2)24-33(36(58)53-32(38(60)61)18-15-23-50-41(48)49)54-37(59)34(25-29-16-13-12-14-17-29)52-35(57)27-51-39(62)46(9,10)55-40(63)47(11,56-42(64)67-44(3,4)5)26-30-19-21-31(22-20-30)66-43(65)68-45(6,7)8/h12-14,16-17,19-22,28,32-34H,15,18,23-27H2,1-11H3,(H,51,62)(H,52,57)(H,53,58)(H,54,59)(H,55,63)(H,56,64)(H,60,61)(H4,48,49,50)/t32-,33+,34-,47-/m1/s1. The molecule has 2 aromatic rings. The van der Waals surface area contributed by atoms with Crippen LogP contribution < -0.4 is 48.1 Å². The van der Waals surface area contributed by atoms with Gasteiger partial charge in [0.1, 0.15) is 46.2 Å². The van der Waals surface area contributed by atoms with Crippen molar-refractivity contribution in [3.8, 4) is 5.75 Å². The average Bonchev–Trinajstić information content (AvgIpc) is 3.19. The molecule has 21 heteroatoms. The molecule has 0 unspecified atom stereocenters. The number of rotatable bonds is 23. The Hall–Kier alpha value is -6.93. The van der Waals surface area contributed by atoms with Crippen LogP contribution in [-0.4, -0.2) is 112 Å². The number of carboxylic acid groups (broad SMARTS) is 1. The lowest BCUT2D eigenvalue weighted by atomic mass is 9.90. The number of ether oxygens (including phenoxy) is 3. The highest BCUT2D eigenvalue weighted by atomic mass is 16.7. The Morgan fingerprint density at radius 3 is 1.81 bits per heavy atom. The molecule has 0 bridgehead atoms. The molecule has 0 heterocycles. The SMILES string of the molecule is CC(C)C[C@H](NC(=O)[C@@H](Cc1ccccc1)NC(=O)CNC(=O)C(C)(C)NC(=O)[C@@](C)(Cc1ccc(OC(=O)OC(C)(C)C)cc1)NC(=O)OC(C)(C)C)C(=O)N[C@H](CCCN=C(N)N)C(=O)O. The van der Waals surface area contributed by atoms with E-state index in [2.05, 4.69) is 36.9 Å². The maximum absolute atomic E-state index is 14.1. The summed E-state index contributed by atoms with van der Waals surface area (Å²) >= 11 is 0. The minimum atomic E-state index is -1.73. The van der Waals surface area contributed by atoms with Gasteiger partial charge in [0.15, 0.2) is 5.96 Å². The second-order valence-corrected chi connectivity index (χ2v) is 19.5. The van der Waals surface area contributed by atoms with Crippen molar-refractivity contribution in [2.45, 2.75) is 149 Å². The first-order chi connectivity index (χ1) is 31.4. The number of aliphatic carboxylic acids is 1. The predicted octanol–water partition coefficient (Wildman–Crippen LogP) is 2.72. The van der Waals surface area contributed by atoms with E-state index in [1.165, 1.54) is 32.9 Å². The normalized spacial score (nSPS) is 13.8. The summed E-state index contributed by atoms with van der Waals surface area (Å²) in [5, 5.41) is 25.3. The molecule has 0 saturated heterocycles. The van der Waals surface area contributed by atoms with Gasteiger partial charge >= 0.3 is 18.2 Å². The fourth-order valence-electron chi connectivity index (χ4n) is 6.33. The van der Waals surface area contributed by atoms with Gasteiger partial charge in [-0.25, -0.2) is 14.4 Å². The third kappa shape index (κ3) is 21.6. The summed E-state index contributed by atoms with van der Waals surface area (Å²) in [6.45, 7) is 17.4. The van der Waals surface area contributed by atoms with Gasteiger partial charge in [-0.2, -0.15) is 0 Å². The van der Waals surface area contributed by atoms with Gasteiger partial charge in [0.05, 0.1) is 6.54 Å². The summed E-state index contributed by atoms with van der Waals surface area (Å²) in [7, 11) is 0. The lowest BCUT2D eigenvalue weighted by Crippen LogP contribution is -2.65. The zero-order chi connectivity index (χ0) is 51.6. The highest BCUT2D eigenvalue weighted by molar-refractivity contribution is 5.98. The first-order valence-electron chi connectivity index (χ1n) is 22.2. The summed E-state index contributed by atoms with van der Waals surface area (Å²) < 4.78 is 15.9. The number of amides is 6. The number of guanidine groups is 1. The Morgan fingerprint density at radius 2 is 1.26 bits per heavy atom. The zero-order valence-corrected chi connectivity index (χ0v) is 41.0. The molecule has 2 aromatic carbocycles. The number of nitrogens with one attached hydrogen (secondary N) is 6. The number of aliphatic imine (C=N–C) groups is 1. The topological polar surface area (TPSA) is 321 Å². The minimum absolute atomic E-state index is 0.00582. The van der Waals surface area contributed by atoms with Crippen LogP contribution in [-0.2, 0) is 51.1 Å². The monoisotopic (exact) mass is 954 g/mol. The highest BCUT2D eigenvalue weighted by Crippen LogP contribution is 2.21. The Labute approximate surface area is 398 Å². The molecule has 0 saturated carbocycles. The van der Waals surface area contributed by atoms with Crippen LogP contribution in [0.15, 0.2) is 59.6 Å². The maximum atomic E-state index is 14.1. The van der Waals surface area contributed by atoms with Crippen molar-refractivity contribution in [3.63, 3.8) is 0 Å². The molecule has 6 amide bonds. The van der Waals surface area contributed by atoms with E-state index in [4.69, 9.17) is 25.7 Å². The lowest BCUT2D eigenvalue weighted by Gasteiger charge is -2.35. The molecular formula is C47H71N9O12. The first kappa shape index (κ1) is 57.2. The van der Waals surface area contributed by atoms with E-state index in [9.17, 15) is 43.5 Å². The van der Waals surface area contributed by atoms with E-state index in [0.717, 1.165) is 0 Å². The lowest BCUT2D eigenvalue weighted by molar-refractivity contribution is -0.142. The van der Waals surface area contributed by atoms with Crippen molar-refractivity contribution < 1.29 is 57.7 Å². The van der Waals surface area contributed by atoms with Crippen LogP contribution in [0.5, 0.6) is 5.75 Å². The molecule has 0 fully saturated rings. The molecule has 0 aliphatic rings. The molecule has 0 aliphatic heterocycles. The maximum Gasteiger partial charge on any atom is 0.514 e. The molecule has 0 aromatic heterocycles. The van der Waals surface area contributed by atoms with Crippen molar-refractivity contribution in [1.29, 1.82) is 0 Å². The van der Waals surface area contributed by atoms with Gasteiger partial charge in [-0.1, -0.05) is 56.3 Å². The number of nitrogens with two attached hydrogens (primary N) is 2. The van der Waals surface area contributed by atoms with Crippen LogP contribution in [0.4, 0.5) is 9.59 Å². The summed E-state index contributed by atoms with van der Waals surface area (Å²) in [4.78, 5) is 110. The smallest absolute Gasteiger partial charge is 0.480 e. The fraction of sp³-hybridized carbons (Fsp3) is 0.553. The fourth-order valence-corrected chi connectivity index (χ4v) is 6.33. The molecule has 0 radical (unpaired) electrons. The van der Waals surface area contributed by atoms with E-state index in [1.54, 1.807) is 84.0 Å². The van der Waals surface area contributed by atoms with E-state index in [1.807, 2.05) is 13.8 Å². The predicted molar refractivity (Wildman–Crippen MR) is 253 cm³/mol. The van der Waals surface area contributed by atoms with Crippen molar-refractivity contribution in [3.05, 3.63) is 65.7 Å². The Bertz CT molecular complexity index is 2090. The third-order valence-electron chi connectivity index (χ3n) is 9.59. The Morgan fingerprint density at radius 1 is 0.691 bits per heavy atom.